The number of hydrogen-bond acceptors (Lipinski definition) is 8. The average molecular weight is 925 g/mol. The third-order valence-electron chi connectivity index (χ3n) is 9.60. The van der Waals surface area contributed by atoms with E-state index < -0.39 is 24.1 Å². The molecule has 0 heterocycles. The summed E-state index contributed by atoms with van der Waals surface area (Å²) >= 11 is 12.6. The Bertz CT molecular complexity index is 2280. The minimum absolute atomic E-state index is 0.00855. The molecule has 5 atom stereocenters. The second-order valence-corrected chi connectivity index (χ2v) is 17.6. The van der Waals surface area contributed by atoms with E-state index in [2.05, 4.69) is 44.0 Å². The summed E-state index contributed by atoms with van der Waals surface area (Å²) in [6.07, 6.45) is -0.0765. The number of para-hydroxylation sites is 2. The molecule has 0 N–H and O–H groups in total. The molecule has 58 heavy (non-hydrogen) atoms. The van der Waals surface area contributed by atoms with Gasteiger partial charge in [0.05, 0.1) is 15.2 Å². The predicted molar refractivity (Wildman–Crippen MR) is 231 cm³/mol. The first kappa shape index (κ1) is 43.7. The molecule has 2 unspecified atom stereocenters. The predicted octanol–water partition coefficient (Wildman–Crippen LogP) is 13.2. The Morgan fingerprint density at radius 1 is 0.672 bits per heavy atom. The van der Waals surface area contributed by atoms with Crippen molar-refractivity contribution in [2.45, 2.75) is 45.8 Å². The Labute approximate surface area is 361 Å². The third-order valence-corrected chi connectivity index (χ3v) is 10.4. The van der Waals surface area contributed by atoms with Crippen molar-refractivity contribution in [3.63, 3.8) is 0 Å². The summed E-state index contributed by atoms with van der Waals surface area (Å²) < 4.78 is 23.6. The van der Waals surface area contributed by atoms with Gasteiger partial charge in [-0.25, -0.2) is 0 Å². The van der Waals surface area contributed by atoms with Gasteiger partial charge in [-0.05, 0) is 115 Å². The Morgan fingerprint density at radius 2 is 1.14 bits per heavy atom. The first-order valence-electron chi connectivity index (χ1n) is 18.4. The van der Waals surface area contributed by atoms with Gasteiger partial charge in [-0.3, -0.25) is 9.59 Å². The van der Waals surface area contributed by atoms with Crippen molar-refractivity contribution < 1.29 is 28.5 Å². The second kappa shape index (κ2) is 20.3. The van der Waals surface area contributed by atoms with E-state index >= 15 is 0 Å². The summed E-state index contributed by atoms with van der Waals surface area (Å²) in [6, 6.07) is 44.0. The molecule has 1 aliphatic rings. The fraction of sp³-hybridized carbons (Fsp3) is 0.234. The van der Waals surface area contributed by atoms with Gasteiger partial charge < -0.3 is 18.9 Å². The van der Waals surface area contributed by atoms with Crippen molar-refractivity contribution in [2.24, 2.45) is 23.2 Å². The molecule has 0 radical (unpaired) electrons. The number of esters is 2. The van der Waals surface area contributed by atoms with Crippen LogP contribution < -0.4 is 9.47 Å². The van der Waals surface area contributed by atoms with Crippen LogP contribution in [-0.4, -0.2) is 11.9 Å². The molecular formula is C47H41Br2ClN2O6. The zero-order valence-corrected chi connectivity index (χ0v) is 36.1. The maximum atomic E-state index is 13.0. The number of nitrogens with zero attached hydrogens (tertiary/aromatic N) is 2. The zero-order valence-electron chi connectivity index (χ0n) is 32.2. The molecule has 11 heteroatoms. The van der Waals surface area contributed by atoms with Gasteiger partial charge in [0.25, 0.3) is 0 Å². The van der Waals surface area contributed by atoms with Crippen LogP contribution in [0, 0.1) is 45.8 Å². The fourth-order valence-electron chi connectivity index (χ4n) is 6.49. The van der Waals surface area contributed by atoms with Crippen LogP contribution in [-0.2, 0) is 19.1 Å². The Morgan fingerprint density at radius 3 is 1.59 bits per heavy atom. The van der Waals surface area contributed by atoms with Crippen molar-refractivity contribution in [1.82, 2.24) is 0 Å². The van der Waals surface area contributed by atoms with E-state index in [0.29, 0.717) is 39.1 Å². The molecule has 296 valence electrons. The van der Waals surface area contributed by atoms with Crippen LogP contribution in [0.1, 0.15) is 62.5 Å². The van der Waals surface area contributed by atoms with Crippen LogP contribution in [0.25, 0.3) is 0 Å². The molecule has 1 fully saturated rings. The maximum absolute atomic E-state index is 13.0. The minimum atomic E-state index is -1.04. The van der Waals surface area contributed by atoms with E-state index in [0.717, 1.165) is 8.96 Å². The van der Waals surface area contributed by atoms with Gasteiger partial charge in [-0.15, -0.1) is 0 Å². The van der Waals surface area contributed by atoms with Crippen molar-refractivity contribution in [3.05, 3.63) is 165 Å². The lowest BCUT2D eigenvalue weighted by Gasteiger charge is -2.22. The summed E-state index contributed by atoms with van der Waals surface area (Å²) in [5.41, 5.74) is 1.73. The normalized spacial score (nSPS) is 16.4. The molecule has 0 bridgehead atoms. The molecule has 0 amide bonds. The van der Waals surface area contributed by atoms with Gasteiger partial charge in [0, 0.05) is 16.1 Å². The highest BCUT2D eigenvalue weighted by molar-refractivity contribution is 9.28. The van der Waals surface area contributed by atoms with Gasteiger partial charge in [-0.2, -0.15) is 10.5 Å². The Hall–Kier alpha value is -5.39. The summed E-state index contributed by atoms with van der Waals surface area (Å²) in [7, 11) is 0. The molecule has 1 aliphatic carbocycles. The lowest BCUT2D eigenvalue weighted by atomic mass is 9.88. The van der Waals surface area contributed by atoms with Crippen LogP contribution in [0.5, 0.6) is 23.0 Å². The van der Waals surface area contributed by atoms with Crippen molar-refractivity contribution >= 4 is 55.4 Å². The fourth-order valence-corrected chi connectivity index (χ4v) is 7.18. The number of nitriles is 2. The highest BCUT2D eigenvalue weighted by Gasteiger charge is 2.62. The molecule has 0 aliphatic heterocycles. The second-order valence-electron chi connectivity index (χ2n) is 14.4. The number of halogens is 3. The maximum Gasteiger partial charge on any atom is 0.315 e. The Kier molecular flexibility index (Phi) is 15.3. The van der Waals surface area contributed by atoms with Crippen LogP contribution >= 0.6 is 43.5 Å². The van der Waals surface area contributed by atoms with Crippen molar-refractivity contribution in [2.75, 3.05) is 0 Å². The standard InChI is InChI=1S/C25H22ClNO3.C22H19Br2NO3/c1-17(2)24(18-11-13-20(26)14-12-18)25(28)30-23(16-27)19-7-6-10-22(15-19)29-21-8-4-3-5-9-21;1-22(2)17(12-19(23)24)20(22)21(26)28-18(13-25)14-7-6-10-16(11-14)27-15-8-4-3-5-9-15/h3-15,17,23-24H,1-2H3;3-12,17-18,20H,1-2H3/t;17-,18+,20-/m.0/s1. The number of ether oxygens (including phenoxy) is 4. The van der Waals surface area contributed by atoms with E-state index in [1.165, 1.54) is 0 Å². The van der Waals surface area contributed by atoms with E-state index in [1.807, 2.05) is 107 Å². The van der Waals surface area contributed by atoms with Crippen LogP contribution in [0.3, 0.4) is 0 Å². The number of carbonyl (C=O) groups is 2. The highest BCUT2D eigenvalue weighted by Crippen LogP contribution is 2.60. The lowest BCUT2D eigenvalue weighted by Crippen LogP contribution is -2.22. The lowest BCUT2D eigenvalue weighted by molar-refractivity contribution is -0.150. The van der Waals surface area contributed by atoms with Gasteiger partial charge in [-0.1, -0.05) is 118 Å². The van der Waals surface area contributed by atoms with Gasteiger partial charge >= 0.3 is 11.9 Å². The van der Waals surface area contributed by atoms with Crippen molar-refractivity contribution in [1.29, 1.82) is 10.5 Å². The van der Waals surface area contributed by atoms with Gasteiger partial charge in [0.2, 0.25) is 12.2 Å². The van der Waals surface area contributed by atoms with Gasteiger partial charge in [0.1, 0.15) is 35.1 Å². The average Bonchev–Trinajstić information content (AvgIpc) is 3.75. The topological polar surface area (TPSA) is 119 Å². The molecule has 5 aromatic carbocycles. The van der Waals surface area contributed by atoms with Crippen LogP contribution in [0.2, 0.25) is 5.02 Å². The van der Waals surface area contributed by atoms with Crippen LogP contribution in [0.15, 0.2) is 143 Å². The Balaban J connectivity index is 0.000000221. The van der Waals surface area contributed by atoms with Gasteiger partial charge in [0.15, 0.2) is 0 Å². The van der Waals surface area contributed by atoms with E-state index in [1.54, 1.807) is 60.7 Å². The largest absolute Gasteiger partial charge is 0.457 e. The summed E-state index contributed by atoms with van der Waals surface area (Å²) in [5, 5.41) is 19.8. The molecular weight excluding hydrogens is 884 g/mol. The number of allylic oxidation sites excluding steroid dienone is 1. The highest BCUT2D eigenvalue weighted by atomic mass is 79.9. The summed E-state index contributed by atoms with van der Waals surface area (Å²) in [4.78, 5) is 25.6. The number of rotatable bonds is 13. The quantitative estimate of drug-likeness (QED) is 0.107. The first-order valence-corrected chi connectivity index (χ1v) is 20.4. The smallest absolute Gasteiger partial charge is 0.315 e. The molecule has 8 nitrogen and oxygen atoms in total. The molecule has 6 rings (SSSR count). The van der Waals surface area contributed by atoms with E-state index in [-0.39, 0.29) is 29.1 Å². The number of hydrogen-bond donors (Lipinski definition) is 0. The minimum Gasteiger partial charge on any atom is -0.457 e. The molecule has 0 saturated heterocycles. The first-order chi connectivity index (χ1) is 27.8. The molecule has 1 saturated carbocycles. The number of carbonyl (C=O) groups excluding carboxylic acids is 2. The number of benzene rings is 5. The summed E-state index contributed by atoms with van der Waals surface area (Å²) in [5.74, 6) is 0.971. The monoisotopic (exact) mass is 922 g/mol. The third kappa shape index (κ3) is 11.8. The molecule has 0 spiro atoms. The van der Waals surface area contributed by atoms with E-state index in [9.17, 15) is 20.1 Å². The SMILES string of the molecule is CC(C)C(C(=O)OC(C#N)c1cccc(Oc2ccccc2)c1)c1ccc(Cl)cc1.CC1(C)[C@H](C(=O)O[C@H](C#N)c2cccc(Oc3ccccc3)c2)[C@@H]1C=C(Br)Br. The van der Waals surface area contributed by atoms with Crippen LogP contribution in [0.4, 0.5) is 0 Å². The molecule has 0 aromatic heterocycles. The van der Waals surface area contributed by atoms with Crippen molar-refractivity contribution in [3.8, 4) is 35.1 Å². The van der Waals surface area contributed by atoms with E-state index in [4.69, 9.17) is 30.5 Å². The molecule has 5 aromatic rings. The summed E-state index contributed by atoms with van der Waals surface area (Å²) in [6.45, 7) is 7.91. The zero-order chi connectivity index (χ0) is 41.8.